The summed E-state index contributed by atoms with van der Waals surface area (Å²) in [5, 5.41) is 4.10. The molecule has 0 saturated carbocycles. The Morgan fingerprint density at radius 3 is 2.62 bits per heavy atom. The number of hydrogen-bond donors (Lipinski definition) is 0. The number of imidazole rings is 1. The fourth-order valence-corrected chi connectivity index (χ4v) is 5.59. The molecular formula is C26H23FN7O2S+. The maximum atomic E-state index is 13.8. The van der Waals surface area contributed by atoms with Crippen molar-refractivity contribution < 1.29 is 17.4 Å². The van der Waals surface area contributed by atoms with E-state index in [9.17, 15) is 12.8 Å². The van der Waals surface area contributed by atoms with E-state index >= 15 is 0 Å². The first kappa shape index (κ1) is 23.2. The number of halogens is 1. The number of fused-ring (bicyclic) bond motifs is 2. The zero-order chi connectivity index (χ0) is 25.7. The van der Waals surface area contributed by atoms with Gasteiger partial charge < -0.3 is 4.90 Å². The minimum Gasteiger partial charge on any atom is -0.303 e. The van der Waals surface area contributed by atoms with Crippen molar-refractivity contribution in [3.63, 3.8) is 0 Å². The van der Waals surface area contributed by atoms with E-state index in [1.165, 1.54) is 28.9 Å². The Balaban J connectivity index is 1.38. The quantitative estimate of drug-likeness (QED) is 0.309. The number of pyridine rings is 2. The van der Waals surface area contributed by atoms with Gasteiger partial charge in [-0.15, -0.1) is 0 Å². The van der Waals surface area contributed by atoms with E-state index in [-0.39, 0.29) is 10.8 Å². The van der Waals surface area contributed by atoms with Crippen molar-refractivity contribution in [2.75, 3.05) is 27.2 Å². The summed E-state index contributed by atoms with van der Waals surface area (Å²) in [5.41, 5.74) is 4.33. The van der Waals surface area contributed by atoms with Crippen molar-refractivity contribution in [1.29, 1.82) is 0 Å². The molecule has 0 N–H and O–H groups in total. The Morgan fingerprint density at radius 2 is 1.84 bits per heavy atom. The predicted octanol–water partition coefficient (Wildman–Crippen LogP) is 3.12. The second kappa shape index (κ2) is 8.71. The molecule has 0 unspecified atom stereocenters. The lowest BCUT2D eigenvalue weighted by Crippen LogP contribution is -2.26. The van der Waals surface area contributed by atoms with Crippen LogP contribution in [0, 0.1) is 5.82 Å². The lowest BCUT2D eigenvalue weighted by Gasteiger charge is -2.12. The number of nitrogens with zero attached hydrogens (tertiary/aromatic N) is 7. The van der Waals surface area contributed by atoms with Gasteiger partial charge >= 0.3 is 10.0 Å². The summed E-state index contributed by atoms with van der Waals surface area (Å²) in [6.07, 6.45) is 10.1. The lowest BCUT2D eigenvalue weighted by atomic mass is 10.1. The van der Waals surface area contributed by atoms with Gasteiger partial charge in [0, 0.05) is 18.0 Å². The highest BCUT2D eigenvalue weighted by molar-refractivity contribution is 7.90. The molecule has 4 aromatic heterocycles. The van der Waals surface area contributed by atoms with Crippen molar-refractivity contribution in [1.82, 2.24) is 28.5 Å². The molecule has 186 valence electrons. The normalized spacial score (nSPS) is 13.7. The van der Waals surface area contributed by atoms with Gasteiger partial charge in [-0.1, -0.05) is 12.1 Å². The molecule has 0 aliphatic carbocycles. The molecule has 0 radical (unpaired) electrons. The van der Waals surface area contributed by atoms with Crippen LogP contribution in [0.25, 0.3) is 33.4 Å². The monoisotopic (exact) mass is 516 g/mol. The average Bonchev–Trinajstić information content (AvgIpc) is 3.47. The molecule has 0 saturated heterocycles. The van der Waals surface area contributed by atoms with Crippen LogP contribution >= 0.6 is 0 Å². The highest BCUT2D eigenvalue weighted by atomic mass is 32.2. The summed E-state index contributed by atoms with van der Waals surface area (Å²) in [6.45, 7) is 1.78. The second-order valence-corrected chi connectivity index (χ2v) is 10.8. The fraction of sp³-hybridized carbons (Fsp3) is 0.154. The summed E-state index contributed by atoms with van der Waals surface area (Å²) in [6, 6.07) is 11.4. The molecule has 1 aliphatic rings. The van der Waals surface area contributed by atoms with Crippen LogP contribution in [0.15, 0.2) is 78.5 Å². The zero-order valence-corrected chi connectivity index (χ0v) is 21.0. The molecule has 1 aromatic carbocycles. The van der Waals surface area contributed by atoms with E-state index in [0.717, 1.165) is 28.3 Å². The Labute approximate surface area is 212 Å². The first-order chi connectivity index (χ1) is 17.8. The summed E-state index contributed by atoms with van der Waals surface area (Å²) >= 11 is 0. The van der Waals surface area contributed by atoms with E-state index < -0.39 is 10.0 Å². The molecule has 0 bridgehead atoms. The van der Waals surface area contributed by atoms with Gasteiger partial charge in [-0.05, 0) is 55.6 Å². The Hall–Kier alpha value is -4.22. The average molecular weight is 517 g/mol. The van der Waals surface area contributed by atoms with Crippen molar-refractivity contribution >= 4 is 38.5 Å². The molecule has 5 heterocycles. The topological polar surface area (TPSA) is 88.4 Å². The molecule has 37 heavy (non-hydrogen) atoms. The van der Waals surface area contributed by atoms with E-state index in [2.05, 4.69) is 24.5 Å². The van der Waals surface area contributed by atoms with Crippen molar-refractivity contribution in [3.8, 4) is 11.1 Å². The van der Waals surface area contributed by atoms with Crippen LogP contribution in [0.1, 0.15) is 5.56 Å². The van der Waals surface area contributed by atoms with E-state index in [1.54, 1.807) is 42.7 Å². The van der Waals surface area contributed by atoms with Crippen LogP contribution in [-0.4, -0.2) is 74.8 Å². The van der Waals surface area contributed by atoms with Crippen LogP contribution in [0.2, 0.25) is 0 Å². The SMILES string of the molecule is CN(C)CC[N+]1=CC(c2cnc3cnn(S(=O)(=O)c4cnc5ccc(-c6cccc(F)c6)cn45)c3c2)=C1. The van der Waals surface area contributed by atoms with Crippen LogP contribution < -0.4 is 0 Å². The summed E-state index contributed by atoms with van der Waals surface area (Å²) in [7, 11) is -0.0790. The third-order valence-corrected chi connectivity index (χ3v) is 7.84. The summed E-state index contributed by atoms with van der Waals surface area (Å²) in [4.78, 5) is 10.8. The number of aromatic nitrogens is 5. The molecule has 9 nitrogen and oxygen atoms in total. The van der Waals surface area contributed by atoms with Gasteiger partial charge in [0.05, 0.1) is 18.9 Å². The molecule has 0 spiro atoms. The van der Waals surface area contributed by atoms with Gasteiger partial charge in [-0.3, -0.25) is 9.38 Å². The highest BCUT2D eigenvalue weighted by Crippen LogP contribution is 2.26. The minimum absolute atomic E-state index is 0.0551. The van der Waals surface area contributed by atoms with E-state index in [4.69, 9.17) is 0 Å². The van der Waals surface area contributed by atoms with Gasteiger partial charge in [0.2, 0.25) is 0 Å². The standard InChI is InChI=1S/C26H23FN7O2S/c1-31(2)8-9-32-15-21(16-32)20-11-24-23(28-12-20)13-30-34(24)37(35,36)26-14-29-25-7-6-19(17-33(25)26)18-4-3-5-22(27)10-18/h3-7,10-17H,8-9H2,1-2H3/q+1. The number of allylic oxidation sites excluding steroid dienone is 1. The van der Waals surface area contributed by atoms with Gasteiger partial charge in [0.25, 0.3) is 0 Å². The fourth-order valence-electron chi connectivity index (χ4n) is 4.25. The maximum Gasteiger partial charge on any atom is 0.301 e. The Morgan fingerprint density at radius 1 is 1.00 bits per heavy atom. The molecule has 0 amide bonds. The third-order valence-electron chi connectivity index (χ3n) is 6.26. The first-order valence-electron chi connectivity index (χ1n) is 11.6. The van der Waals surface area contributed by atoms with Crippen LogP contribution in [0.5, 0.6) is 0 Å². The van der Waals surface area contributed by atoms with Gasteiger partial charge in [0.1, 0.15) is 28.1 Å². The molecule has 11 heteroatoms. The third kappa shape index (κ3) is 4.11. The van der Waals surface area contributed by atoms with Gasteiger partial charge in [0.15, 0.2) is 24.0 Å². The van der Waals surface area contributed by atoms with Crippen molar-refractivity contribution in [2.45, 2.75) is 5.03 Å². The highest BCUT2D eigenvalue weighted by Gasteiger charge is 2.26. The van der Waals surface area contributed by atoms with Gasteiger partial charge in [-0.25, -0.2) is 13.9 Å². The van der Waals surface area contributed by atoms with Crippen molar-refractivity contribution in [2.24, 2.45) is 0 Å². The van der Waals surface area contributed by atoms with E-state index in [0.29, 0.717) is 27.8 Å². The maximum absolute atomic E-state index is 13.8. The van der Waals surface area contributed by atoms with E-state index in [1.807, 2.05) is 26.5 Å². The molecule has 0 atom stereocenters. The van der Waals surface area contributed by atoms with Gasteiger partial charge in [-0.2, -0.15) is 17.6 Å². The molecule has 1 aliphatic heterocycles. The van der Waals surface area contributed by atoms with Crippen LogP contribution in [0.3, 0.4) is 0 Å². The zero-order valence-electron chi connectivity index (χ0n) is 20.2. The first-order valence-corrected chi connectivity index (χ1v) is 13.0. The number of benzene rings is 1. The Bertz CT molecular complexity index is 1850. The molecule has 5 aromatic rings. The summed E-state index contributed by atoms with van der Waals surface area (Å²) in [5.74, 6) is -0.373. The molecule has 0 fully saturated rings. The minimum atomic E-state index is -4.13. The van der Waals surface area contributed by atoms with Crippen molar-refractivity contribution in [3.05, 3.63) is 84.8 Å². The summed E-state index contributed by atoms with van der Waals surface area (Å²) < 4.78 is 45.9. The lowest BCUT2D eigenvalue weighted by molar-refractivity contribution is -0.458. The smallest absolute Gasteiger partial charge is 0.301 e. The largest absolute Gasteiger partial charge is 0.303 e. The van der Waals surface area contributed by atoms with Crippen LogP contribution in [0.4, 0.5) is 4.39 Å². The number of likely N-dealkylation sites (N-methyl/N-ethyl adjacent to an activating group) is 1. The second-order valence-electron chi connectivity index (χ2n) is 9.13. The number of rotatable bonds is 7. The Kier molecular flexibility index (Phi) is 5.46. The molecule has 6 rings (SSSR count). The number of hydrogen-bond acceptors (Lipinski definition) is 6. The predicted molar refractivity (Wildman–Crippen MR) is 138 cm³/mol. The van der Waals surface area contributed by atoms with Crippen LogP contribution in [-0.2, 0) is 10.0 Å². The molecular weight excluding hydrogens is 493 g/mol.